The van der Waals surface area contributed by atoms with Crippen molar-refractivity contribution in [2.45, 2.75) is 46.0 Å². The minimum atomic E-state index is 0.0969. The van der Waals surface area contributed by atoms with E-state index >= 15 is 0 Å². The Morgan fingerprint density at radius 2 is 1.82 bits per heavy atom. The summed E-state index contributed by atoms with van der Waals surface area (Å²) in [5.41, 5.74) is 8.27. The zero-order chi connectivity index (χ0) is 20.4. The molecule has 2 aliphatic rings. The largest absolute Gasteiger partial charge is 0.507 e. The van der Waals surface area contributed by atoms with Gasteiger partial charge in [0, 0.05) is 23.5 Å². The van der Waals surface area contributed by atoms with Gasteiger partial charge in [-0.15, -0.1) is 0 Å². The third-order valence-electron chi connectivity index (χ3n) is 6.14. The average molecular weight is 382 g/mol. The molecule has 1 atom stereocenters. The number of Topliss-reactive ketones (excluding diaryl/α,β-unsaturated/α-hetero) is 1. The van der Waals surface area contributed by atoms with Gasteiger partial charge in [0.2, 0.25) is 0 Å². The van der Waals surface area contributed by atoms with E-state index in [1.807, 2.05) is 26.2 Å². The van der Waals surface area contributed by atoms with Gasteiger partial charge >= 0.3 is 0 Å². The zero-order valence-electron chi connectivity index (χ0n) is 17.6. The molecule has 28 heavy (non-hydrogen) atoms. The number of nitrogens with one attached hydrogen (secondary N) is 1. The molecule has 0 amide bonds. The number of fused-ring (bicyclic) bond motifs is 3. The molecule has 0 saturated carbocycles. The Kier molecular flexibility index (Phi) is 6.09. The minimum absolute atomic E-state index is 0.0969. The summed E-state index contributed by atoms with van der Waals surface area (Å²) in [4.78, 5) is 11.9. The maximum Gasteiger partial charge on any atom is 0.133 e. The van der Waals surface area contributed by atoms with E-state index in [0.717, 1.165) is 42.6 Å². The Bertz CT molecular complexity index is 901. The van der Waals surface area contributed by atoms with Crippen molar-refractivity contribution in [2.24, 2.45) is 5.92 Å². The summed E-state index contributed by atoms with van der Waals surface area (Å²) in [5, 5.41) is 13.7. The number of ketones is 1. The second kappa shape index (κ2) is 8.36. The highest BCUT2D eigenvalue weighted by molar-refractivity contribution is 5.79. The van der Waals surface area contributed by atoms with E-state index in [2.05, 4.69) is 18.3 Å². The lowest BCUT2D eigenvalue weighted by atomic mass is 9.74. The number of carbonyl (C=O) groups is 1. The van der Waals surface area contributed by atoms with Gasteiger partial charge in [-0.25, -0.2) is 0 Å². The molecule has 0 aromatic heterocycles. The second-order valence-electron chi connectivity index (χ2n) is 7.89. The molecule has 4 heteroatoms. The molecule has 4 rings (SSSR count). The van der Waals surface area contributed by atoms with Gasteiger partial charge in [-0.3, -0.25) is 4.79 Å². The van der Waals surface area contributed by atoms with Crippen LogP contribution in [0, 0.1) is 12.8 Å². The van der Waals surface area contributed by atoms with Crippen LogP contribution in [0.2, 0.25) is 0 Å². The summed E-state index contributed by atoms with van der Waals surface area (Å²) < 4.78 is 5.53. The Labute approximate surface area is 167 Å². The molecule has 0 fully saturated rings. The summed E-state index contributed by atoms with van der Waals surface area (Å²) in [6.07, 6.45) is 3.93. The number of benzene rings is 2. The molecule has 1 unspecified atom stereocenters. The van der Waals surface area contributed by atoms with Crippen molar-refractivity contribution >= 4 is 5.78 Å². The summed E-state index contributed by atoms with van der Waals surface area (Å²) in [6.45, 7) is 3.84. The molecule has 2 N–H and O–H groups in total. The number of carbonyl (C=O) groups excluding carboxylic acids is 1. The van der Waals surface area contributed by atoms with Crippen LogP contribution in [0.25, 0.3) is 0 Å². The SMILES string of the molecule is CNC.COc1cccc2c1Cc1c(O)c3c(c(C)c1C2)CC(C(C)=O)CC3. The molecule has 0 radical (unpaired) electrons. The van der Waals surface area contributed by atoms with Crippen LogP contribution in [0.1, 0.15) is 52.3 Å². The number of hydrogen-bond acceptors (Lipinski definition) is 4. The number of hydrogen-bond donors (Lipinski definition) is 2. The first-order valence-corrected chi connectivity index (χ1v) is 10.0. The molecule has 4 nitrogen and oxygen atoms in total. The standard InChI is InChI=1S/C22H24O3.C2H7N/c1-12-17-9-14(13(2)23)7-8-16(17)22(24)20-11-19-15(10-18(12)20)5-4-6-21(19)25-3;1-3-2/h4-6,14,24H,7-11H2,1-3H3;3H,1-2H3. The first-order valence-electron chi connectivity index (χ1n) is 10.0. The smallest absolute Gasteiger partial charge is 0.133 e. The van der Waals surface area contributed by atoms with Gasteiger partial charge in [0.1, 0.15) is 17.3 Å². The normalized spacial score (nSPS) is 16.8. The van der Waals surface area contributed by atoms with Crippen molar-refractivity contribution < 1.29 is 14.6 Å². The van der Waals surface area contributed by atoms with Crippen molar-refractivity contribution in [1.82, 2.24) is 5.32 Å². The molecule has 0 bridgehead atoms. The maximum absolute atomic E-state index is 11.9. The molecule has 150 valence electrons. The summed E-state index contributed by atoms with van der Waals surface area (Å²) in [5.74, 6) is 1.71. The minimum Gasteiger partial charge on any atom is -0.507 e. The highest BCUT2D eigenvalue weighted by Crippen LogP contribution is 2.44. The van der Waals surface area contributed by atoms with Crippen LogP contribution >= 0.6 is 0 Å². The number of ether oxygens (including phenoxy) is 1. The molecule has 2 aromatic carbocycles. The van der Waals surface area contributed by atoms with Crippen molar-refractivity contribution in [3.05, 3.63) is 57.1 Å². The monoisotopic (exact) mass is 381 g/mol. The van der Waals surface area contributed by atoms with Gasteiger partial charge in [-0.1, -0.05) is 12.1 Å². The molecule has 0 spiro atoms. The molecular weight excluding hydrogens is 350 g/mol. The van der Waals surface area contributed by atoms with Gasteiger partial charge in [0.05, 0.1) is 7.11 Å². The van der Waals surface area contributed by atoms with Crippen molar-refractivity contribution in [3.63, 3.8) is 0 Å². The highest BCUT2D eigenvalue weighted by atomic mass is 16.5. The topological polar surface area (TPSA) is 58.6 Å². The van der Waals surface area contributed by atoms with Gasteiger partial charge in [0.15, 0.2) is 0 Å². The summed E-state index contributed by atoms with van der Waals surface area (Å²) in [7, 11) is 5.45. The molecule has 2 aliphatic carbocycles. The predicted octanol–water partition coefficient (Wildman–Crippen LogP) is 3.73. The third-order valence-corrected chi connectivity index (χ3v) is 6.14. The van der Waals surface area contributed by atoms with E-state index in [1.165, 1.54) is 27.8 Å². The molecule has 0 aliphatic heterocycles. The van der Waals surface area contributed by atoms with Crippen molar-refractivity contribution in [2.75, 3.05) is 21.2 Å². The number of phenolic OH excluding ortho intramolecular Hbond substituents is 1. The number of rotatable bonds is 2. The van der Waals surface area contributed by atoms with Crippen LogP contribution in [0.4, 0.5) is 0 Å². The lowest BCUT2D eigenvalue weighted by Crippen LogP contribution is -2.23. The van der Waals surface area contributed by atoms with Gasteiger partial charge in [-0.2, -0.15) is 0 Å². The fourth-order valence-corrected chi connectivity index (χ4v) is 4.63. The zero-order valence-corrected chi connectivity index (χ0v) is 17.6. The molecule has 0 saturated heterocycles. The van der Waals surface area contributed by atoms with Crippen LogP contribution < -0.4 is 10.1 Å². The second-order valence-corrected chi connectivity index (χ2v) is 7.89. The Hall–Kier alpha value is -2.33. The molecular formula is C24H31NO3. The predicted molar refractivity (Wildman–Crippen MR) is 113 cm³/mol. The van der Waals surface area contributed by atoms with Gasteiger partial charge in [0.25, 0.3) is 0 Å². The Balaban J connectivity index is 0.000000706. The van der Waals surface area contributed by atoms with Crippen molar-refractivity contribution in [3.8, 4) is 11.5 Å². The first kappa shape index (κ1) is 20.4. The quantitative estimate of drug-likeness (QED) is 0.710. The van der Waals surface area contributed by atoms with Gasteiger partial charge < -0.3 is 15.2 Å². The van der Waals surface area contributed by atoms with Crippen LogP contribution in [0.3, 0.4) is 0 Å². The Morgan fingerprint density at radius 3 is 2.46 bits per heavy atom. The number of methoxy groups -OCH3 is 1. The van der Waals surface area contributed by atoms with E-state index in [4.69, 9.17) is 4.74 Å². The fraction of sp³-hybridized carbons (Fsp3) is 0.458. The molecule has 2 aromatic rings. The Morgan fingerprint density at radius 1 is 1.11 bits per heavy atom. The van der Waals surface area contributed by atoms with E-state index < -0.39 is 0 Å². The summed E-state index contributed by atoms with van der Waals surface area (Å²) >= 11 is 0. The maximum atomic E-state index is 11.9. The van der Waals surface area contributed by atoms with E-state index in [-0.39, 0.29) is 11.7 Å². The van der Waals surface area contributed by atoms with Crippen LogP contribution in [-0.4, -0.2) is 32.1 Å². The highest BCUT2D eigenvalue weighted by Gasteiger charge is 2.31. The third kappa shape index (κ3) is 3.53. The van der Waals surface area contributed by atoms with E-state index in [1.54, 1.807) is 14.0 Å². The average Bonchev–Trinajstić information content (AvgIpc) is 2.70. The van der Waals surface area contributed by atoms with Crippen LogP contribution in [-0.2, 0) is 30.5 Å². The van der Waals surface area contributed by atoms with Crippen molar-refractivity contribution in [1.29, 1.82) is 0 Å². The summed E-state index contributed by atoms with van der Waals surface area (Å²) in [6, 6.07) is 6.17. The van der Waals surface area contributed by atoms with E-state index in [0.29, 0.717) is 12.2 Å². The van der Waals surface area contributed by atoms with Gasteiger partial charge in [-0.05, 0) is 87.5 Å². The lowest BCUT2D eigenvalue weighted by molar-refractivity contribution is -0.121. The molecule has 0 heterocycles. The fourth-order valence-electron chi connectivity index (χ4n) is 4.63. The van der Waals surface area contributed by atoms with Crippen LogP contribution in [0.5, 0.6) is 11.5 Å². The number of phenols is 1. The van der Waals surface area contributed by atoms with Crippen LogP contribution in [0.15, 0.2) is 18.2 Å². The lowest BCUT2D eigenvalue weighted by Gasteiger charge is -2.31. The number of aromatic hydroxyl groups is 1. The van der Waals surface area contributed by atoms with E-state index in [9.17, 15) is 9.90 Å². The first-order chi connectivity index (χ1) is 13.4.